The molecule has 4 heteroatoms. The van der Waals surface area contributed by atoms with Crippen molar-refractivity contribution in [3.63, 3.8) is 0 Å². The molecule has 126 valence electrons. The summed E-state index contributed by atoms with van der Waals surface area (Å²) in [4.78, 5) is 12.1. The van der Waals surface area contributed by atoms with E-state index in [1.807, 2.05) is 24.3 Å². The van der Waals surface area contributed by atoms with Gasteiger partial charge in [0.1, 0.15) is 0 Å². The van der Waals surface area contributed by atoms with E-state index in [0.29, 0.717) is 19.8 Å². The molecule has 24 heavy (non-hydrogen) atoms. The average Bonchev–Trinajstić information content (AvgIpc) is 2.64. The average molecular weight is 325 g/mol. The van der Waals surface area contributed by atoms with Crippen LogP contribution in [-0.4, -0.2) is 31.8 Å². The zero-order valence-electron chi connectivity index (χ0n) is 14.0. The molecule has 1 heterocycles. The van der Waals surface area contributed by atoms with E-state index in [-0.39, 0.29) is 5.91 Å². The molecule has 1 N–H and O–H groups in total. The van der Waals surface area contributed by atoms with E-state index in [0.717, 1.165) is 24.1 Å². The van der Waals surface area contributed by atoms with Crippen LogP contribution in [0.15, 0.2) is 48.5 Å². The van der Waals surface area contributed by atoms with Crippen molar-refractivity contribution in [1.82, 2.24) is 0 Å². The molecule has 0 radical (unpaired) electrons. The molecular formula is C20H23NO3. The Balaban J connectivity index is 1.63. The second-order valence-corrected chi connectivity index (χ2v) is 5.95. The second kappa shape index (κ2) is 8.08. The van der Waals surface area contributed by atoms with Gasteiger partial charge in [0.25, 0.3) is 5.91 Å². The van der Waals surface area contributed by atoms with E-state index in [1.165, 1.54) is 11.1 Å². The van der Waals surface area contributed by atoms with E-state index < -0.39 is 6.10 Å². The molecule has 1 fully saturated rings. The minimum absolute atomic E-state index is 0.161. The minimum atomic E-state index is -0.524. The molecule has 0 aromatic heterocycles. The highest BCUT2D eigenvalue weighted by Gasteiger charge is 2.22. The Morgan fingerprint density at radius 2 is 1.71 bits per heavy atom. The van der Waals surface area contributed by atoms with Crippen molar-refractivity contribution in [1.29, 1.82) is 0 Å². The van der Waals surface area contributed by atoms with Gasteiger partial charge in [-0.15, -0.1) is 0 Å². The van der Waals surface area contributed by atoms with Gasteiger partial charge in [-0.3, -0.25) is 4.79 Å². The Hall–Kier alpha value is -2.17. The molecule has 0 bridgehead atoms. The molecule has 0 aliphatic carbocycles. The topological polar surface area (TPSA) is 47.6 Å². The van der Waals surface area contributed by atoms with E-state index in [2.05, 4.69) is 36.5 Å². The van der Waals surface area contributed by atoms with E-state index in [4.69, 9.17) is 9.47 Å². The summed E-state index contributed by atoms with van der Waals surface area (Å²) in [6.45, 7) is 3.51. The maximum Gasteiger partial charge on any atom is 0.255 e. The SMILES string of the molecule is CCCc1ccc(-c2ccc(NC(=O)[C@H]3COCCO3)cc2)cc1. The molecule has 1 atom stereocenters. The van der Waals surface area contributed by atoms with Crippen LogP contribution in [0.5, 0.6) is 0 Å². The number of nitrogens with one attached hydrogen (secondary N) is 1. The number of benzene rings is 2. The highest BCUT2D eigenvalue weighted by molar-refractivity contribution is 5.94. The zero-order valence-corrected chi connectivity index (χ0v) is 14.0. The third kappa shape index (κ3) is 4.22. The van der Waals surface area contributed by atoms with Gasteiger partial charge in [0.2, 0.25) is 0 Å². The first kappa shape index (κ1) is 16.7. The van der Waals surface area contributed by atoms with Crippen LogP contribution in [0.25, 0.3) is 11.1 Å². The number of amides is 1. The summed E-state index contributed by atoms with van der Waals surface area (Å²) in [5, 5.41) is 2.87. The first-order valence-corrected chi connectivity index (χ1v) is 8.46. The van der Waals surface area contributed by atoms with Crippen LogP contribution in [0.2, 0.25) is 0 Å². The number of rotatable bonds is 5. The number of carbonyl (C=O) groups excluding carboxylic acids is 1. The fourth-order valence-electron chi connectivity index (χ4n) is 2.76. The Bertz CT molecular complexity index is 658. The van der Waals surface area contributed by atoms with Gasteiger partial charge >= 0.3 is 0 Å². The third-order valence-corrected chi connectivity index (χ3v) is 4.09. The third-order valence-electron chi connectivity index (χ3n) is 4.09. The molecule has 0 spiro atoms. The fraction of sp³-hybridized carbons (Fsp3) is 0.350. The predicted molar refractivity (Wildman–Crippen MR) is 95.1 cm³/mol. The van der Waals surface area contributed by atoms with Gasteiger partial charge in [0.05, 0.1) is 19.8 Å². The monoisotopic (exact) mass is 325 g/mol. The largest absolute Gasteiger partial charge is 0.376 e. The summed E-state index contributed by atoms with van der Waals surface area (Å²) in [5.74, 6) is -0.161. The highest BCUT2D eigenvalue weighted by atomic mass is 16.6. The first-order chi connectivity index (χ1) is 11.8. The van der Waals surface area contributed by atoms with Crippen LogP contribution in [0, 0.1) is 0 Å². The Labute approximate surface area is 142 Å². The number of ether oxygens (including phenoxy) is 2. The first-order valence-electron chi connectivity index (χ1n) is 8.46. The van der Waals surface area contributed by atoms with Crippen LogP contribution >= 0.6 is 0 Å². The van der Waals surface area contributed by atoms with Gasteiger partial charge in [-0.1, -0.05) is 49.7 Å². The molecule has 2 aromatic carbocycles. The molecule has 1 aliphatic heterocycles. The summed E-state index contributed by atoms with van der Waals surface area (Å²) in [6, 6.07) is 16.5. The molecule has 0 saturated carbocycles. The Morgan fingerprint density at radius 1 is 1.04 bits per heavy atom. The van der Waals surface area contributed by atoms with Crippen molar-refractivity contribution in [3.8, 4) is 11.1 Å². The predicted octanol–water partition coefficient (Wildman–Crippen LogP) is 3.66. The van der Waals surface area contributed by atoms with Crippen LogP contribution in [0.3, 0.4) is 0 Å². The lowest BCUT2D eigenvalue weighted by Crippen LogP contribution is -2.39. The summed E-state index contributed by atoms with van der Waals surface area (Å²) < 4.78 is 10.7. The van der Waals surface area contributed by atoms with Crippen molar-refractivity contribution in [2.45, 2.75) is 25.9 Å². The standard InChI is InChI=1S/C20H23NO3/c1-2-3-15-4-6-16(7-5-15)17-8-10-18(11-9-17)21-20(22)19-14-23-12-13-24-19/h4-11,19H,2-3,12-14H2,1H3,(H,21,22)/t19-/m1/s1. The fourth-order valence-corrected chi connectivity index (χ4v) is 2.76. The summed E-state index contributed by atoms with van der Waals surface area (Å²) in [6.07, 6.45) is 1.74. The van der Waals surface area contributed by atoms with Crippen LogP contribution < -0.4 is 5.32 Å². The van der Waals surface area contributed by atoms with Crippen LogP contribution in [-0.2, 0) is 20.7 Å². The van der Waals surface area contributed by atoms with Crippen molar-refractivity contribution < 1.29 is 14.3 Å². The van der Waals surface area contributed by atoms with Gasteiger partial charge in [-0.05, 0) is 35.2 Å². The van der Waals surface area contributed by atoms with Crippen molar-refractivity contribution in [2.75, 3.05) is 25.1 Å². The lowest BCUT2D eigenvalue weighted by Gasteiger charge is -2.22. The molecule has 1 amide bonds. The van der Waals surface area contributed by atoms with Gasteiger partial charge in [-0.25, -0.2) is 0 Å². The number of aryl methyl sites for hydroxylation is 1. The lowest BCUT2D eigenvalue weighted by atomic mass is 10.0. The van der Waals surface area contributed by atoms with Gasteiger partial charge in [-0.2, -0.15) is 0 Å². The summed E-state index contributed by atoms with van der Waals surface area (Å²) in [7, 11) is 0. The van der Waals surface area contributed by atoms with E-state index in [1.54, 1.807) is 0 Å². The molecule has 0 unspecified atom stereocenters. The van der Waals surface area contributed by atoms with Crippen molar-refractivity contribution in [3.05, 3.63) is 54.1 Å². The zero-order chi connectivity index (χ0) is 16.8. The molecule has 1 saturated heterocycles. The van der Waals surface area contributed by atoms with E-state index in [9.17, 15) is 4.79 Å². The number of hydrogen-bond donors (Lipinski definition) is 1. The van der Waals surface area contributed by atoms with Crippen molar-refractivity contribution >= 4 is 11.6 Å². The molecule has 2 aromatic rings. The molecular weight excluding hydrogens is 302 g/mol. The van der Waals surface area contributed by atoms with Crippen LogP contribution in [0.4, 0.5) is 5.69 Å². The van der Waals surface area contributed by atoms with Crippen LogP contribution in [0.1, 0.15) is 18.9 Å². The number of hydrogen-bond acceptors (Lipinski definition) is 3. The Kier molecular flexibility index (Phi) is 5.62. The Morgan fingerprint density at radius 3 is 2.29 bits per heavy atom. The molecule has 1 aliphatic rings. The van der Waals surface area contributed by atoms with Crippen molar-refractivity contribution in [2.24, 2.45) is 0 Å². The lowest BCUT2D eigenvalue weighted by molar-refractivity contribution is -0.142. The maximum absolute atomic E-state index is 12.1. The molecule has 3 rings (SSSR count). The highest BCUT2D eigenvalue weighted by Crippen LogP contribution is 2.22. The maximum atomic E-state index is 12.1. The summed E-state index contributed by atoms with van der Waals surface area (Å²) in [5.41, 5.74) is 4.44. The normalized spacial score (nSPS) is 17.5. The smallest absolute Gasteiger partial charge is 0.255 e. The molecule has 4 nitrogen and oxygen atoms in total. The summed E-state index contributed by atoms with van der Waals surface area (Å²) >= 11 is 0. The second-order valence-electron chi connectivity index (χ2n) is 5.95. The number of carbonyl (C=O) groups is 1. The van der Waals surface area contributed by atoms with Gasteiger partial charge in [0, 0.05) is 5.69 Å². The van der Waals surface area contributed by atoms with E-state index >= 15 is 0 Å². The number of anilines is 1. The van der Waals surface area contributed by atoms with Gasteiger partial charge in [0.15, 0.2) is 6.10 Å². The minimum Gasteiger partial charge on any atom is -0.376 e. The van der Waals surface area contributed by atoms with Gasteiger partial charge < -0.3 is 14.8 Å². The quantitative estimate of drug-likeness (QED) is 0.912.